The topological polar surface area (TPSA) is 92.3 Å². The van der Waals surface area contributed by atoms with Gasteiger partial charge in [0.05, 0.1) is 0 Å². The van der Waals surface area contributed by atoms with Crippen LogP contribution in [0.3, 0.4) is 0 Å². The Balaban J connectivity index is 4.43. The third-order valence-corrected chi connectivity index (χ3v) is 4.80. The summed E-state index contributed by atoms with van der Waals surface area (Å²) in [5, 5.41) is 5.77. The molecule has 2 amide bonds. The van der Waals surface area contributed by atoms with Crippen LogP contribution in [0.1, 0.15) is 101 Å². The highest BCUT2D eigenvalue weighted by atomic mass is 16.2. The highest BCUT2D eigenvalue weighted by molar-refractivity contribution is 6.37. The van der Waals surface area contributed by atoms with Gasteiger partial charge in [0.25, 0.3) is 5.91 Å². The lowest BCUT2D eigenvalue weighted by Gasteiger charge is -2.27. The fourth-order valence-corrected chi connectivity index (χ4v) is 2.99. The molecule has 30 heavy (non-hydrogen) atoms. The quantitative estimate of drug-likeness (QED) is 0.384. The average Bonchev–Trinajstić information content (AvgIpc) is 2.55. The number of carbonyl (C=O) groups excluding carboxylic acids is 4. The Kier molecular flexibility index (Phi) is 10.9. The second kappa shape index (κ2) is 11.6. The van der Waals surface area contributed by atoms with Gasteiger partial charge in [-0.25, -0.2) is 0 Å². The van der Waals surface area contributed by atoms with Crippen LogP contribution in [0, 0.1) is 16.2 Å². The fraction of sp³-hybridized carbons (Fsp3) is 0.833. The number of hydrogen-bond acceptors (Lipinski definition) is 4. The van der Waals surface area contributed by atoms with E-state index < -0.39 is 22.5 Å². The molecule has 174 valence electrons. The first kappa shape index (κ1) is 28.3. The minimum absolute atomic E-state index is 0.0243. The first-order valence-corrected chi connectivity index (χ1v) is 11.1. The molecule has 0 bridgehead atoms. The van der Waals surface area contributed by atoms with E-state index in [-0.39, 0.29) is 36.0 Å². The maximum atomic E-state index is 12.3. The normalized spacial score (nSPS) is 13.5. The van der Waals surface area contributed by atoms with Gasteiger partial charge in [-0.05, 0) is 31.1 Å². The van der Waals surface area contributed by atoms with Crippen molar-refractivity contribution in [2.45, 2.75) is 107 Å². The van der Waals surface area contributed by atoms with Gasteiger partial charge < -0.3 is 10.6 Å². The van der Waals surface area contributed by atoms with Crippen LogP contribution in [-0.2, 0) is 19.2 Å². The van der Waals surface area contributed by atoms with Gasteiger partial charge in [-0.1, -0.05) is 62.3 Å². The van der Waals surface area contributed by atoms with Gasteiger partial charge in [-0.2, -0.15) is 0 Å². The van der Waals surface area contributed by atoms with E-state index in [1.807, 2.05) is 20.8 Å². The number of carbonyl (C=O) groups is 4. The van der Waals surface area contributed by atoms with Crippen LogP contribution in [0.5, 0.6) is 0 Å². The summed E-state index contributed by atoms with van der Waals surface area (Å²) in [7, 11) is 0. The summed E-state index contributed by atoms with van der Waals surface area (Å²) in [4.78, 5) is 48.3. The van der Waals surface area contributed by atoms with Crippen LogP contribution in [0.4, 0.5) is 0 Å². The second-order valence-electron chi connectivity index (χ2n) is 11.5. The molecule has 0 aliphatic carbocycles. The van der Waals surface area contributed by atoms with E-state index in [1.54, 1.807) is 20.8 Å². The third-order valence-electron chi connectivity index (χ3n) is 4.80. The smallest absolute Gasteiger partial charge is 0.288 e. The maximum Gasteiger partial charge on any atom is 0.288 e. The zero-order chi connectivity index (χ0) is 23.8. The lowest BCUT2D eigenvalue weighted by Crippen LogP contribution is -2.44. The molecule has 0 fully saturated rings. The SMILES string of the molecule is CC(C)(C)CC(CCCCNC(=O)CCC(=O)C(C)(C)C)NC(=O)C(=O)C(C)(C)C. The van der Waals surface area contributed by atoms with Crippen molar-refractivity contribution in [3.8, 4) is 0 Å². The average molecular weight is 425 g/mol. The van der Waals surface area contributed by atoms with Crippen LogP contribution in [0.15, 0.2) is 0 Å². The van der Waals surface area contributed by atoms with Crippen molar-refractivity contribution in [1.29, 1.82) is 0 Å². The molecule has 0 aliphatic heterocycles. The Morgan fingerprint density at radius 2 is 1.33 bits per heavy atom. The number of Topliss-reactive ketones (excluding diaryl/α,β-unsaturated/α-hetero) is 2. The Morgan fingerprint density at radius 3 is 1.80 bits per heavy atom. The number of ketones is 2. The molecule has 2 N–H and O–H groups in total. The molecule has 6 nitrogen and oxygen atoms in total. The molecule has 6 heteroatoms. The molecule has 1 atom stereocenters. The minimum atomic E-state index is -0.699. The van der Waals surface area contributed by atoms with E-state index in [1.165, 1.54) is 0 Å². The van der Waals surface area contributed by atoms with E-state index in [0.717, 1.165) is 25.7 Å². The molecule has 0 spiro atoms. The van der Waals surface area contributed by atoms with E-state index in [2.05, 4.69) is 31.4 Å². The molecule has 1 unspecified atom stereocenters. The Bertz CT molecular complexity index is 604. The predicted molar refractivity (Wildman–Crippen MR) is 121 cm³/mol. The number of hydrogen-bond donors (Lipinski definition) is 2. The molecule has 0 saturated heterocycles. The number of rotatable bonds is 11. The van der Waals surface area contributed by atoms with Crippen LogP contribution in [0.25, 0.3) is 0 Å². The molecule has 0 aliphatic rings. The standard InChI is InChI=1S/C24H44N2O4/c1-22(2,3)16-17(26-21(30)20(29)24(7,8)9)12-10-11-15-25-19(28)14-13-18(27)23(4,5)6/h17H,10-16H2,1-9H3,(H,25,28)(H,26,30). The Morgan fingerprint density at radius 1 is 0.767 bits per heavy atom. The van der Waals surface area contributed by atoms with Crippen molar-refractivity contribution in [1.82, 2.24) is 10.6 Å². The van der Waals surface area contributed by atoms with Gasteiger partial charge in [0, 0.05) is 36.3 Å². The highest BCUT2D eigenvalue weighted by Gasteiger charge is 2.30. The summed E-state index contributed by atoms with van der Waals surface area (Å²) in [6, 6.07) is -0.0797. The summed E-state index contributed by atoms with van der Waals surface area (Å²) in [6.07, 6.45) is 3.61. The van der Waals surface area contributed by atoms with Crippen molar-refractivity contribution < 1.29 is 19.2 Å². The molecule has 0 rings (SSSR count). The van der Waals surface area contributed by atoms with Crippen LogP contribution < -0.4 is 10.6 Å². The van der Waals surface area contributed by atoms with Crippen LogP contribution in [-0.4, -0.2) is 36.0 Å². The van der Waals surface area contributed by atoms with Crippen molar-refractivity contribution in [3.05, 3.63) is 0 Å². The summed E-state index contributed by atoms with van der Waals surface area (Å²) in [5.74, 6) is -0.946. The van der Waals surface area contributed by atoms with Crippen molar-refractivity contribution in [2.24, 2.45) is 16.2 Å². The van der Waals surface area contributed by atoms with E-state index >= 15 is 0 Å². The predicted octanol–water partition coefficient (Wildman–Crippen LogP) is 4.20. The van der Waals surface area contributed by atoms with Gasteiger partial charge >= 0.3 is 0 Å². The molecule has 0 aromatic heterocycles. The Labute approximate surface area is 183 Å². The number of nitrogens with one attached hydrogen (secondary N) is 2. The van der Waals surface area contributed by atoms with E-state index in [0.29, 0.717) is 6.54 Å². The van der Waals surface area contributed by atoms with Crippen molar-refractivity contribution in [2.75, 3.05) is 6.54 Å². The van der Waals surface area contributed by atoms with Gasteiger partial charge in [0.2, 0.25) is 11.7 Å². The van der Waals surface area contributed by atoms with Gasteiger partial charge in [-0.15, -0.1) is 0 Å². The Hall–Kier alpha value is -1.72. The molecule has 0 aromatic rings. The lowest BCUT2D eigenvalue weighted by molar-refractivity contribution is -0.143. The summed E-state index contributed by atoms with van der Waals surface area (Å²) >= 11 is 0. The minimum Gasteiger partial charge on any atom is -0.356 e. The molecular weight excluding hydrogens is 380 g/mol. The van der Waals surface area contributed by atoms with Crippen LogP contribution >= 0.6 is 0 Å². The number of amides is 2. The first-order valence-electron chi connectivity index (χ1n) is 11.1. The molecular formula is C24H44N2O4. The van der Waals surface area contributed by atoms with Gasteiger partial charge in [0.15, 0.2) is 0 Å². The van der Waals surface area contributed by atoms with E-state index in [9.17, 15) is 19.2 Å². The van der Waals surface area contributed by atoms with Crippen LogP contribution in [0.2, 0.25) is 0 Å². The number of unbranched alkanes of at least 4 members (excludes halogenated alkanes) is 1. The molecule has 0 aromatic carbocycles. The maximum absolute atomic E-state index is 12.3. The highest BCUT2D eigenvalue weighted by Crippen LogP contribution is 2.24. The fourth-order valence-electron chi connectivity index (χ4n) is 2.99. The largest absolute Gasteiger partial charge is 0.356 e. The third kappa shape index (κ3) is 12.8. The van der Waals surface area contributed by atoms with Gasteiger partial charge in [0.1, 0.15) is 5.78 Å². The first-order chi connectivity index (χ1) is 13.4. The summed E-state index contributed by atoms with van der Waals surface area (Å²) in [5.41, 5.74) is -1.09. The lowest BCUT2D eigenvalue weighted by atomic mass is 9.85. The molecule has 0 radical (unpaired) electrons. The van der Waals surface area contributed by atoms with Gasteiger partial charge in [-0.3, -0.25) is 19.2 Å². The monoisotopic (exact) mass is 424 g/mol. The van der Waals surface area contributed by atoms with Crippen molar-refractivity contribution >= 4 is 23.4 Å². The summed E-state index contributed by atoms with van der Waals surface area (Å²) in [6.45, 7) is 17.7. The van der Waals surface area contributed by atoms with E-state index in [4.69, 9.17) is 0 Å². The zero-order valence-electron chi connectivity index (χ0n) is 20.7. The van der Waals surface area contributed by atoms with Crippen molar-refractivity contribution in [3.63, 3.8) is 0 Å². The second-order valence-corrected chi connectivity index (χ2v) is 11.5. The summed E-state index contributed by atoms with van der Waals surface area (Å²) < 4.78 is 0. The molecule has 0 saturated carbocycles. The molecule has 0 heterocycles. The zero-order valence-corrected chi connectivity index (χ0v) is 20.7.